The first-order valence-electron chi connectivity index (χ1n) is 10.1. The number of carbonyl (C=O) groups excluding carboxylic acids is 1. The molecule has 1 saturated heterocycles. The number of sulfonamides is 1. The van der Waals surface area contributed by atoms with Crippen LogP contribution in [-0.4, -0.2) is 45.9 Å². The number of benzene rings is 2. The summed E-state index contributed by atoms with van der Waals surface area (Å²) >= 11 is 6.21. The van der Waals surface area contributed by atoms with Crippen LogP contribution >= 0.6 is 11.6 Å². The maximum atomic E-state index is 13.1. The smallest absolute Gasteiger partial charge is 0.251 e. The largest absolute Gasteiger partial charge is 0.497 e. The molecule has 1 amide bonds. The highest BCUT2D eigenvalue weighted by molar-refractivity contribution is 7.89. The van der Waals surface area contributed by atoms with Crippen molar-refractivity contribution in [1.29, 1.82) is 0 Å². The molecule has 9 heteroatoms. The van der Waals surface area contributed by atoms with Gasteiger partial charge in [-0.1, -0.05) is 18.0 Å². The molecule has 31 heavy (non-hydrogen) atoms. The summed E-state index contributed by atoms with van der Waals surface area (Å²) in [6.07, 6.45) is 2.64. The van der Waals surface area contributed by atoms with Gasteiger partial charge in [0, 0.05) is 24.2 Å². The molecule has 2 aromatic rings. The van der Waals surface area contributed by atoms with Crippen molar-refractivity contribution in [1.82, 2.24) is 9.62 Å². The molecular weight excluding hydrogens is 440 g/mol. The highest BCUT2D eigenvalue weighted by Gasteiger charge is 2.29. The number of ether oxygens (including phenoxy) is 2. The van der Waals surface area contributed by atoms with Crippen molar-refractivity contribution in [2.45, 2.75) is 37.1 Å². The van der Waals surface area contributed by atoms with Crippen LogP contribution in [0.3, 0.4) is 0 Å². The standard InChI is InChI=1S/C22H27ClN2O5S/c1-15(18-14-17(29-2)8-10-20(18)30-3)24-22(26)16-7-9-19(23)21(13-16)31(27,28)25-11-5-4-6-12-25/h7-10,13-15H,4-6,11-12H2,1-3H3,(H,24,26). The number of hydrogen-bond donors (Lipinski definition) is 1. The first kappa shape index (κ1) is 23.4. The molecule has 0 radical (unpaired) electrons. The summed E-state index contributed by atoms with van der Waals surface area (Å²) in [5.41, 5.74) is 0.957. The fourth-order valence-corrected chi connectivity index (χ4v) is 5.64. The number of nitrogens with zero attached hydrogens (tertiary/aromatic N) is 1. The highest BCUT2D eigenvalue weighted by atomic mass is 35.5. The lowest BCUT2D eigenvalue weighted by atomic mass is 10.1. The Labute approximate surface area is 188 Å². The van der Waals surface area contributed by atoms with Crippen molar-refractivity contribution >= 4 is 27.5 Å². The Kier molecular flexibility index (Phi) is 7.46. The highest BCUT2D eigenvalue weighted by Crippen LogP contribution is 2.31. The van der Waals surface area contributed by atoms with Crippen LogP contribution in [0.5, 0.6) is 11.5 Å². The first-order valence-corrected chi connectivity index (χ1v) is 11.9. The van der Waals surface area contributed by atoms with Gasteiger partial charge in [-0.2, -0.15) is 4.31 Å². The average molecular weight is 467 g/mol. The van der Waals surface area contributed by atoms with E-state index in [1.54, 1.807) is 32.4 Å². The van der Waals surface area contributed by atoms with Crippen molar-refractivity contribution in [2.24, 2.45) is 0 Å². The molecule has 1 unspecified atom stereocenters. The van der Waals surface area contributed by atoms with Crippen LogP contribution in [0.1, 0.15) is 48.1 Å². The number of carbonyl (C=O) groups is 1. The van der Waals surface area contributed by atoms with E-state index in [9.17, 15) is 13.2 Å². The van der Waals surface area contributed by atoms with E-state index >= 15 is 0 Å². The number of piperidine rings is 1. The van der Waals surface area contributed by atoms with E-state index in [0.717, 1.165) is 24.8 Å². The summed E-state index contributed by atoms with van der Waals surface area (Å²) in [6, 6.07) is 9.23. The average Bonchev–Trinajstić information content (AvgIpc) is 2.79. The molecule has 2 aromatic carbocycles. The summed E-state index contributed by atoms with van der Waals surface area (Å²) in [4.78, 5) is 12.9. The molecule has 7 nitrogen and oxygen atoms in total. The molecular formula is C22H27ClN2O5S. The Morgan fingerprint density at radius 3 is 2.42 bits per heavy atom. The molecule has 1 N–H and O–H groups in total. The van der Waals surface area contributed by atoms with Gasteiger partial charge in [-0.25, -0.2) is 8.42 Å². The molecule has 1 aliphatic heterocycles. The predicted octanol–water partition coefficient (Wildman–Crippen LogP) is 4.02. The molecule has 0 spiro atoms. The second-order valence-corrected chi connectivity index (χ2v) is 9.73. The van der Waals surface area contributed by atoms with E-state index in [1.807, 2.05) is 6.92 Å². The predicted molar refractivity (Wildman–Crippen MR) is 119 cm³/mol. The quantitative estimate of drug-likeness (QED) is 0.666. The number of hydrogen-bond acceptors (Lipinski definition) is 5. The monoisotopic (exact) mass is 466 g/mol. The van der Waals surface area contributed by atoms with Crippen LogP contribution < -0.4 is 14.8 Å². The van der Waals surface area contributed by atoms with E-state index in [0.29, 0.717) is 24.6 Å². The summed E-state index contributed by atoms with van der Waals surface area (Å²) < 4.78 is 38.2. The van der Waals surface area contributed by atoms with Crippen LogP contribution in [0.15, 0.2) is 41.3 Å². The van der Waals surface area contributed by atoms with Gasteiger partial charge in [0.2, 0.25) is 10.0 Å². The number of nitrogens with one attached hydrogen (secondary N) is 1. The Morgan fingerprint density at radius 1 is 1.06 bits per heavy atom. The summed E-state index contributed by atoms with van der Waals surface area (Å²) in [5.74, 6) is 0.834. The molecule has 0 aliphatic carbocycles. The van der Waals surface area contributed by atoms with E-state index < -0.39 is 22.0 Å². The molecule has 1 heterocycles. The third-order valence-electron chi connectivity index (χ3n) is 5.38. The van der Waals surface area contributed by atoms with Gasteiger partial charge in [0.05, 0.1) is 25.3 Å². The minimum Gasteiger partial charge on any atom is -0.497 e. The van der Waals surface area contributed by atoms with Crippen molar-refractivity contribution in [2.75, 3.05) is 27.3 Å². The van der Waals surface area contributed by atoms with Gasteiger partial charge < -0.3 is 14.8 Å². The zero-order valence-corrected chi connectivity index (χ0v) is 19.4. The Bertz CT molecular complexity index is 1050. The van der Waals surface area contributed by atoms with Gasteiger partial charge in [-0.3, -0.25) is 4.79 Å². The maximum absolute atomic E-state index is 13.1. The summed E-state index contributed by atoms with van der Waals surface area (Å²) in [7, 11) is -0.649. The molecule has 1 aliphatic rings. The first-order chi connectivity index (χ1) is 14.8. The summed E-state index contributed by atoms with van der Waals surface area (Å²) in [6.45, 7) is 2.74. The molecule has 0 aromatic heterocycles. The Morgan fingerprint density at radius 2 is 1.77 bits per heavy atom. The van der Waals surface area contributed by atoms with Gasteiger partial charge >= 0.3 is 0 Å². The third kappa shape index (κ3) is 5.14. The lowest BCUT2D eigenvalue weighted by Gasteiger charge is -2.26. The second-order valence-electron chi connectivity index (χ2n) is 7.41. The lowest BCUT2D eigenvalue weighted by Crippen LogP contribution is -2.36. The number of halogens is 1. The number of methoxy groups -OCH3 is 2. The summed E-state index contributed by atoms with van der Waals surface area (Å²) in [5, 5.41) is 2.99. The zero-order chi connectivity index (χ0) is 22.6. The zero-order valence-electron chi connectivity index (χ0n) is 17.9. The van der Waals surface area contributed by atoms with Crippen LogP contribution in [-0.2, 0) is 10.0 Å². The normalized spacial score (nSPS) is 15.9. The van der Waals surface area contributed by atoms with Crippen molar-refractivity contribution in [3.63, 3.8) is 0 Å². The van der Waals surface area contributed by atoms with Crippen molar-refractivity contribution in [3.05, 3.63) is 52.5 Å². The van der Waals surface area contributed by atoms with Crippen LogP contribution in [0.25, 0.3) is 0 Å². The fourth-order valence-electron chi connectivity index (χ4n) is 3.62. The number of rotatable bonds is 7. The maximum Gasteiger partial charge on any atom is 0.251 e. The molecule has 1 fully saturated rings. The van der Waals surface area contributed by atoms with Gasteiger partial charge in [0.1, 0.15) is 16.4 Å². The van der Waals surface area contributed by atoms with Crippen molar-refractivity contribution < 1.29 is 22.7 Å². The Hall–Kier alpha value is -2.29. The third-order valence-corrected chi connectivity index (χ3v) is 7.76. The van der Waals surface area contributed by atoms with E-state index in [1.165, 1.54) is 22.5 Å². The topological polar surface area (TPSA) is 84.9 Å². The van der Waals surface area contributed by atoms with Crippen LogP contribution in [0.4, 0.5) is 0 Å². The molecule has 0 bridgehead atoms. The second kappa shape index (κ2) is 9.89. The molecule has 1 atom stereocenters. The van der Waals surface area contributed by atoms with E-state index in [2.05, 4.69) is 5.32 Å². The molecule has 168 valence electrons. The SMILES string of the molecule is COc1ccc(OC)c(C(C)NC(=O)c2ccc(Cl)c(S(=O)(=O)N3CCCCC3)c2)c1. The van der Waals surface area contributed by atoms with Gasteiger partial charge in [0.25, 0.3) is 5.91 Å². The lowest BCUT2D eigenvalue weighted by molar-refractivity contribution is 0.0939. The van der Waals surface area contributed by atoms with E-state index in [4.69, 9.17) is 21.1 Å². The molecule has 3 rings (SSSR count). The van der Waals surface area contributed by atoms with E-state index in [-0.39, 0.29) is 15.5 Å². The van der Waals surface area contributed by atoms with Gasteiger partial charge in [0.15, 0.2) is 0 Å². The minimum atomic E-state index is -3.76. The fraction of sp³-hybridized carbons (Fsp3) is 0.409. The van der Waals surface area contributed by atoms with Crippen molar-refractivity contribution in [3.8, 4) is 11.5 Å². The number of amides is 1. The molecule has 0 saturated carbocycles. The Balaban J connectivity index is 1.85. The van der Waals surface area contributed by atoms with Gasteiger partial charge in [-0.15, -0.1) is 0 Å². The van der Waals surface area contributed by atoms with Crippen LogP contribution in [0.2, 0.25) is 5.02 Å². The minimum absolute atomic E-state index is 0.0460. The van der Waals surface area contributed by atoms with Crippen LogP contribution in [0, 0.1) is 0 Å². The van der Waals surface area contributed by atoms with Gasteiger partial charge in [-0.05, 0) is 56.2 Å².